The third-order valence-corrected chi connectivity index (χ3v) is 6.72. The fraction of sp³-hybridized carbons (Fsp3) is 0.360. The van der Waals surface area contributed by atoms with Crippen LogP contribution in [0.5, 0.6) is 5.75 Å². The van der Waals surface area contributed by atoms with Crippen molar-refractivity contribution in [2.75, 3.05) is 29.6 Å². The molecule has 1 aliphatic carbocycles. The van der Waals surface area contributed by atoms with E-state index in [4.69, 9.17) is 17.2 Å². The summed E-state index contributed by atoms with van der Waals surface area (Å²) in [6.45, 7) is 0. The van der Waals surface area contributed by atoms with Crippen LogP contribution in [0.4, 0.5) is 30.4 Å². The van der Waals surface area contributed by atoms with E-state index in [-0.39, 0.29) is 28.6 Å². The molecule has 6 nitrogen and oxygen atoms in total. The third kappa shape index (κ3) is 6.91. The van der Waals surface area contributed by atoms with E-state index in [1.165, 1.54) is 12.1 Å². The molecule has 36 heavy (non-hydrogen) atoms. The van der Waals surface area contributed by atoms with Crippen LogP contribution in [-0.2, 0) is 0 Å². The largest absolute Gasteiger partial charge is 0.573 e. The van der Waals surface area contributed by atoms with Gasteiger partial charge in [0, 0.05) is 47.8 Å². The maximum absolute atomic E-state index is 12.8. The fourth-order valence-electron chi connectivity index (χ4n) is 4.34. The Bertz CT molecular complexity index is 1230. The van der Waals surface area contributed by atoms with Crippen molar-refractivity contribution < 1.29 is 17.9 Å². The van der Waals surface area contributed by atoms with Gasteiger partial charge in [-0.1, -0.05) is 34.1 Å². The lowest BCUT2D eigenvalue weighted by Gasteiger charge is -2.31. The molecule has 2 aromatic carbocycles. The lowest BCUT2D eigenvalue weighted by Crippen LogP contribution is -2.42. The van der Waals surface area contributed by atoms with Gasteiger partial charge in [-0.05, 0) is 62.2 Å². The SMILES string of the molecule is CN(C)c1cc(NC2CCC(NC(=S)Nc3ccc(Br)cc3OC(F)(F)F)CC2)nc2ccccc12. The molecule has 1 aromatic heterocycles. The Hall–Kier alpha value is -2.79. The van der Waals surface area contributed by atoms with Crippen LogP contribution in [0.2, 0.25) is 0 Å². The molecular weight excluding hydrogens is 555 g/mol. The number of thiocarbonyl (C=S) groups is 1. The zero-order chi connectivity index (χ0) is 25.9. The van der Waals surface area contributed by atoms with E-state index in [9.17, 15) is 13.2 Å². The van der Waals surface area contributed by atoms with Crippen LogP contribution < -0.4 is 25.6 Å². The lowest BCUT2D eigenvalue weighted by atomic mass is 9.91. The number of benzene rings is 2. The van der Waals surface area contributed by atoms with Crippen LogP contribution in [0.3, 0.4) is 0 Å². The van der Waals surface area contributed by atoms with Crippen molar-refractivity contribution in [3.63, 3.8) is 0 Å². The first-order valence-corrected chi connectivity index (χ1v) is 12.7. The maximum Gasteiger partial charge on any atom is 0.573 e. The molecule has 192 valence electrons. The van der Waals surface area contributed by atoms with E-state index in [2.05, 4.69) is 53.6 Å². The summed E-state index contributed by atoms with van der Waals surface area (Å²) >= 11 is 8.53. The van der Waals surface area contributed by atoms with Crippen LogP contribution in [-0.4, -0.2) is 42.6 Å². The quantitative estimate of drug-likeness (QED) is 0.281. The highest BCUT2D eigenvalue weighted by Gasteiger charge is 2.32. The molecule has 4 rings (SSSR count). The van der Waals surface area contributed by atoms with Gasteiger partial charge >= 0.3 is 6.36 Å². The van der Waals surface area contributed by atoms with Gasteiger partial charge in [-0.3, -0.25) is 0 Å². The van der Waals surface area contributed by atoms with Crippen molar-refractivity contribution in [1.82, 2.24) is 10.3 Å². The van der Waals surface area contributed by atoms with Gasteiger partial charge in [-0.15, -0.1) is 13.2 Å². The van der Waals surface area contributed by atoms with Gasteiger partial charge in [-0.2, -0.15) is 0 Å². The molecule has 0 spiro atoms. The number of aromatic nitrogens is 1. The summed E-state index contributed by atoms with van der Waals surface area (Å²) in [5, 5.41) is 11.0. The predicted octanol–water partition coefficient (Wildman–Crippen LogP) is 6.67. The van der Waals surface area contributed by atoms with Crippen molar-refractivity contribution in [3.8, 4) is 5.75 Å². The number of nitrogens with one attached hydrogen (secondary N) is 3. The Morgan fingerprint density at radius 3 is 2.44 bits per heavy atom. The van der Waals surface area contributed by atoms with Gasteiger partial charge in [0.25, 0.3) is 0 Å². The fourth-order valence-corrected chi connectivity index (χ4v) is 4.96. The smallest absolute Gasteiger partial charge is 0.404 e. The highest BCUT2D eigenvalue weighted by atomic mass is 79.9. The summed E-state index contributed by atoms with van der Waals surface area (Å²) in [6.07, 6.45) is -1.26. The normalized spacial score (nSPS) is 17.9. The summed E-state index contributed by atoms with van der Waals surface area (Å²) in [4.78, 5) is 6.87. The second-order valence-corrected chi connectivity index (χ2v) is 10.2. The number of halogens is 4. The molecular formula is C25H27BrF3N5OS. The number of nitrogens with zero attached hydrogens (tertiary/aromatic N) is 2. The van der Waals surface area contributed by atoms with E-state index in [1.54, 1.807) is 6.07 Å². The first kappa shape index (κ1) is 26.3. The van der Waals surface area contributed by atoms with E-state index >= 15 is 0 Å². The number of para-hydroxylation sites is 1. The second kappa shape index (κ2) is 11.1. The Morgan fingerprint density at radius 2 is 1.75 bits per heavy atom. The van der Waals surface area contributed by atoms with Gasteiger partial charge in [0.1, 0.15) is 5.82 Å². The van der Waals surface area contributed by atoms with Crippen LogP contribution in [0.15, 0.2) is 53.0 Å². The van der Waals surface area contributed by atoms with E-state index in [0.717, 1.165) is 48.1 Å². The average molecular weight is 582 g/mol. The van der Waals surface area contributed by atoms with Gasteiger partial charge in [0.05, 0.1) is 11.2 Å². The van der Waals surface area contributed by atoms with Crippen molar-refractivity contribution in [2.45, 2.75) is 44.1 Å². The zero-order valence-electron chi connectivity index (χ0n) is 19.8. The Labute approximate surface area is 221 Å². The number of pyridine rings is 1. The number of ether oxygens (including phenoxy) is 1. The second-order valence-electron chi connectivity index (χ2n) is 8.92. The minimum atomic E-state index is -4.80. The van der Waals surface area contributed by atoms with Gasteiger partial charge in [0.2, 0.25) is 0 Å². The maximum atomic E-state index is 12.8. The number of hydrogen-bond acceptors (Lipinski definition) is 5. The molecule has 3 aromatic rings. The van der Waals surface area contributed by atoms with Crippen molar-refractivity contribution in [2.24, 2.45) is 0 Å². The number of fused-ring (bicyclic) bond motifs is 1. The van der Waals surface area contributed by atoms with E-state index in [0.29, 0.717) is 4.47 Å². The monoisotopic (exact) mass is 581 g/mol. The minimum Gasteiger partial charge on any atom is -0.404 e. The Kier molecular flexibility index (Phi) is 8.09. The van der Waals surface area contributed by atoms with Gasteiger partial charge in [-0.25, -0.2) is 4.98 Å². The van der Waals surface area contributed by atoms with Crippen LogP contribution >= 0.6 is 28.1 Å². The van der Waals surface area contributed by atoms with Crippen LogP contribution in [0, 0.1) is 0 Å². The Balaban J connectivity index is 1.33. The zero-order valence-corrected chi connectivity index (χ0v) is 22.2. The van der Waals surface area contributed by atoms with E-state index in [1.807, 2.05) is 32.3 Å². The van der Waals surface area contributed by atoms with Crippen molar-refractivity contribution in [1.29, 1.82) is 0 Å². The first-order valence-electron chi connectivity index (χ1n) is 11.5. The summed E-state index contributed by atoms with van der Waals surface area (Å²) in [5.74, 6) is 0.493. The topological polar surface area (TPSA) is 61.5 Å². The summed E-state index contributed by atoms with van der Waals surface area (Å²) in [5.41, 5.74) is 2.19. The molecule has 1 fully saturated rings. The van der Waals surface area contributed by atoms with Gasteiger partial charge < -0.3 is 25.6 Å². The molecule has 0 aliphatic heterocycles. The summed E-state index contributed by atoms with van der Waals surface area (Å²) in [7, 11) is 4.04. The molecule has 0 bridgehead atoms. The number of alkyl halides is 3. The molecule has 0 saturated heterocycles. The molecule has 0 radical (unpaired) electrons. The molecule has 0 amide bonds. The highest BCUT2D eigenvalue weighted by Crippen LogP contribution is 2.33. The van der Waals surface area contributed by atoms with Crippen molar-refractivity contribution in [3.05, 3.63) is 53.0 Å². The van der Waals surface area contributed by atoms with E-state index < -0.39 is 6.36 Å². The van der Waals surface area contributed by atoms with Crippen LogP contribution in [0.25, 0.3) is 10.9 Å². The Morgan fingerprint density at radius 1 is 1.06 bits per heavy atom. The molecule has 0 unspecified atom stereocenters. The third-order valence-electron chi connectivity index (χ3n) is 6.01. The average Bonchev–Trinajstić information content (AvgIpc) is 2.80. The molecule has 11 heteroatoms. The lowest BCUT2D eigenvalue weighted by molar-refractivity contribution is -0.274. The number of anilines is 3. The molecule has 0 atom stereocenters. The minimum absolute atomic E-state index is 0.118. The number of rotatable bonds is 6. The van der Waals surface area contributed by atoms with Crippen molar-refractivity contribution >= 4 is 61.4 Å². The molecule has 1 heterocycles. The molecule has 1 aliphatic rings. The predicted molar refractivity (Wildman–Crippen MR) is 146 cm³/mol. The summed E-state index contributed by atoms with van der Waals surface area (Å²) < 4.78 is 42.9. The summed E-state index contributed by atoms with van der Waals surface area (Å²) in [6, 6.07) is 14.9. The first-order chi connectivity index (χ1) is 17.1. The standard InChI is InChI=1S/C25H27BrF3N5OS/c1-34(2)21-14-23(32-19-6-4-3-5-18(19)21)30-16-8-10-17(11-9-16)31-24(36)33-20-12-7-15(26)13-22(20)35-25(27,28)29/h3-7,12-14,16-17H,8-11H2,1-2H3,(H,30,32)(H2,31,33,36). The number of hydrogen-bond donors (Lipinski definition) is 3. The van der Waals surface area contributed by atoms with Crippen LogP contribution in [0.1, 0.15) is 25.7 Å². The highest BCUT2D eigenvalue weighted by molar-refractivity contribution is 9.10. The molecule has 3 N–H and O–H groups in total. The molecule has 1 saturated carbocycles. The van der Waals surface area contributed by atoms with Gasteiger partial charge in [0.15, 0.2) is 10.9 Å².